The van der Waals surface area contributed by atoms with Gasteiger partial charge in [-0.1, -0.05) is 0 Å². The minimum Gasteiger partial charge on any atom is -0.449 e. The number of oxazole rings is 1. The van der Waals surface area contributed by atoms with Crippen molar-refractivity contribution in [2.75, 3.05) is 0 Å². The normalized spacial score (nSPS) is 42.5. The third-order valence-corrected chi connectivity index (χ3v) is 5.20. The lowest BCUT2D eigenvalue weighted by Crippen LogP contribution is -2.48. The van der Waals surface area contributed by atoms with Gasteiger partial charge < -0.3 is 4.42 Å². The fraction of sp³-hybridized carbons (Fsp3) is 0.786. The van der Waals surface area contributed by atoms with Crippen LogP contribution in [0.15, 0.2) is 10.7 Å². The summed E-state index contributed by atoms with van der Waals surface area (Å²) in [6.45, 7) is 1.96. The van der Waals surface area contributed by atoms with E-state index >= 15 is 0 Å². The van der Waals surface area contributed by atoms with Crippen LogP contribution < -0.4 is 0 Å². The lowest BCUT2D eigenvalue weighted by Gasteiger charge is -2.56. The first kappa shape index (κ1) is 11.6. The molecule has 4 aliphatic rings. The van der Waals surface area contributed by atoms with Crippen molar-refractivity contribution in [1.82, 2.24) is 4.98 Å². The molecule has 2 nitrogen and oxygen atoms in total. The summed E-state index contributed by atoms with van der Waals surface area (Å²) in [6.07, 6.45) is 10.6. The van der Waals surface area contributed by atoms with Crippen molar-refractivity contribution in [3.05, 3.63) is 17.8 Å². The fourth-order valence-electron chi connectivity index (χ4n) is 5.03. The van der Waals surface area contributed by atoms with Gasteiger partial charge in [0.1, 0.15) is 6.26 Å². The van der Waals surface area contributed by atoms with Crippen LogP contribution in [0.3, 0.4) is 0 Å². The molecule has 4 fully saturated rings. The van der Waals surface area contributed by atoms with E-state index in [1.54, 1.807) is 0 Å². The third-order valence-electron chi connectivity index (χ3n) is 5.20. The van der Waals surface area contributed by atoms with Crippen LogP contribution in [0, 0.1) is 24.7 Å². The molecule has 94 valence electrons. The van der Waals surface area contributed by atoms with Crippen LogP contribution in [0.5, 0.6) is 0 Å². The topological polar surface area (TPSA) is 26.0 Å². The number of hydrogen-bond acceptors (Lipinski definition) is 2. The van der Waals surface area contributed by atoms with Gasteiger partial charge in [-0.3, -0.25) is 0 Å². The fourth-order valence-corrected chi connectivity index (χ4v) is 5.03. The van der Waals surface area contributed by atoms with Gasteiger partial charge in [0.05, 0.1) is 5.69 Å². The summed E-state index contributed by atoms with van der Waals surface area (Å²) in [7, 11) is 0. The highest BCUT2D eigenvalue weighted by molar-refractivity contribution is 5.85. The molecule has 0 radical (unpaired) electrons. The van der Waals surface area contributed by atoms with Gasteiger partial charge in [0.25, 0.3) is 0 Å². The van der Waals surface area contributed by atoms with E-state index in [4.69, 9.17) is 4.42 Å². The van der Waals surface area contributed by atoms with Crippen molar-refractivity contribution in [2.45, 2.75) is 50.9 Å². The molecule has 3 heteroatoms. The van der Waals surface area contributed by atoms with E-state index in [0.717, 1.165) is 23.6 Å². The number of nitrogens with zero attached hydrogens (tertiary/aromatic N) is 1. The largest absolute Gasteiger partial charge is 0.449 e. The first-order chi connectivity index (χ1) is 7.73. The number of rotatable bonds is 1. The molecule has 4 bridgehead atoms. The Morgan fingerprint density at radius 3 is 2.06 bits per heavy atom. The molecule has 1 aromatic rings. The van der Waals surface area contributed by atoms with Gasteiger partial charge in [-0.2, -0.15) is 0 Å². The average Bonchev–Trinajstić information content (AvgIpc) is 2.63. The Labute approximate surface area is 109 Å². The molecular formula is C14H20ClNO. The standard InChI is InChI=1S/C14H19NO.ClH/c1-9-15-13(8-16-9)14-5-10-2-11(6-14)4-12(3-10)7-14;/h8,10-12H,2-7H2,1H3;1H. The van der Waals surface area contributed by atoms with Gasteiger partial charge in [-0.15, -0.1) is 12.4 Å². The molecule has 4 saturated carbocycles. The summed E-state index contributed by atoms with van der Waals surface area (Å²) in [4.78, 5) is 4.63. The van der Waals surface area contributed by atoms with Crippen LogP contribution in [-0.2, 0) is 5.41 Å². The Balaban J connectivity index is 0.000000902. The van der Waals surface area contributed by atoms with Gasteiger partial charge in [0, 0.05) is 12.3 Å². The summed E-state index contributed by atoms with van der Waals surface area (Å²) in [6, 6.07) is 0. The number of aromatic nitrogens is 1. The quantitative estimate of drug-likeness (QED) is 0.759. The molecular weight excluding hydrogens is 234 g/mol. The molecule has 4 aliphatic carbocycles. The monoisotopic (exact) mass is 253 g/mol. The van der Waals surface area contributed by atoms with Crippen LogP contribution >= 0.6 is 12.4 Å². The maximum Gasteiger partial charge on any atom is 0.191 e. The molecule has 0 N–H and O–H groups in total. The number of halogens is 1. The zero-order chi connectivity index (χ0) is 10.8. The second kappa shape index (κ2) is 3.74. The van der Waals surface area contributed by atoms with Gasteiger partial charge >= 0.3 is 0 Å². The van der Waals surface area contributed by atoms with Gasteiger partial charge in [-0.05, 0) is 56.3 Å². The van der Waals surface area contributed by atoms with Crippen molar-refractivity contribution in [2.24, 2.45) is 17.8 Å². The van der Waals surface area contributed by atoms with Crippen molar-refractivity contribution in [1.29, 1.82) is 0 Å². The molecule has 0 unspecified atom stereocenters. The summed E-state index contributed by atoms with van der Waals surface area (Å²) >= 11 is 0. The highest BCUT2D eigenvalue weighted by Gasteiger charge is 2.52. The third kappa shape index (κ3) is 1.64. The predicted octanol–water partition coefficient (Wildman–Crippen LogP) is 3.87. The molecule has 1 heterocycles. The highest BCUT2D eigenvalue weighted by Crippen LogP contribution is 2.60. The van der Waals surface area contributed by atoms with Crippen LogP contribution in [0.2, 0.25) is 0 Å². The Kier molecular flexibility index (Phi) is 2.55. The molecule has 0 saturated heterocycles. The minimum absolute atomic E-state index is 0. The Morgan fingerprint density at radius 2 is 1.65 bits per heavy atom. The summed E-state index contributed by atoms with van der Waals surface area (Å²) in [5.41, 5.74) is 1.68. The molecule has 0 aromatic carbocycles. The van der Waals surface area contributed by atoms with Crippen LogP contribution in [0.25, 0.3) is 0 Å². The summed E-state index contributed by atoms with van der Waals surface area (Å²) < 4.78 is 5.44. The molecule has 0 spiro atoms. The SMILES string of the molecule is Cc1nc(C23CC4CC(CC(C4)C2)C3)co1.Cl. The number of aryl methyl sites for hydroxylation is 1. The molecule has 1 aromatic heterocycles. The molecule has 0 atom stereocenters. The van der Waals surface area contributed by atoms with Crippen LogP contribution in [0.4, 0.5) is 0 Å². The second-order valence-corrected chi connectivity index (χ2v) is 6.45. The maximum atomic E-state index is 5.44. The zero-order valence-electron chi connectivity index (χ0n) is 10.3. The van der Waals surface area contributed by atoms with E-state index in [-0.39, 0.29) is 12.4 Å². The van der Waals surface area contributed by atoms with E-state index in [1.165, 1.54) is 44.2 Å². The molecule has 0 aliphatic heterocycles. The van der Waals surface area contributed by atoms with Gasteiger partial charge in [0.2, 0.25) is 0 Å². The molecule has 17 heavy (non-hydrogen) atoms. The van der Waals surface area contributed by atoms with Gasteiger partial charge in [-0.25, -0.2) is 4.98 Å². The summed E-state index contributed by atoms with van der Waals surface area (Å²) in [5.74, 6) is 3.81. The van der Waals surface area contributed by atoms with E-state index in [2.05, 4.69) is 4.98 Å². The van der Waals surface area contributed by atoms with E-state index in [1.807, 2.05) is 13.2 Å². The van der Waals surface area contributed by atoms with Crippen molar-refractivity contribution in [3.8, 4) is 0 Å². The lowest BCUT2D eigenvalue weighted by molar-refractivity contribution is -0.00724. The van der Waals surface area contributed by atoms with Gasteiger partial charge in [0.15, 0.2) is 5.89 Å². The van der Waals surface area contributed by atoms with Crippen molar-refractivity contribution < 1.29 is 4.42 Å². The lowest BCUT2D eigenvalue weighted by atomic mass is 9.49. The molecule has 5 rings (SSSR count). The van der Waals surface area contributed by atoms with Crippen LogP contribution in [-0.4, -0.2) is 4.98 Å². The first-order valence-corrected chi connectivity index (χ1v) is 6.66. The average molecular weight is 254 g/mol. The predicted molar refractivity (Wildman–Crippen MR) is 68.3 cm³/mol. The zero-order valence-corrected chi connectivity index (χ0v) is 11.1. The van der Waals surface area contributed by atoms with Crippen molar-refractivity contribution in [3.63, 3.8) is 0 Å². The first-order valence-electron chi connectivity index (χ1n) is 6.66. The van der Waals surface area contributed by atoms with E-state index in [0.29, 0.717) is 5.41 Å². The smallest absolute Gasteiger partial charge is 0.191 e. The minimum atomic E-state index is 0. The Bertz CT molecular complexity index is 390. The Morgan fingerprint density at radius 1 is 1.12 bits per heavy atom. The second-order valence-electron chi connectivity index (χ2n) is 6.45. The van der Waals surface area contributed by atoms with Crippen molar-refractivity contribution >= 4 is 12.4 Å². The summed E-state index contributed by atoms with van der Waals surface area (Å²) in [5, 5.41) is 0. The highest BCUT2D eigenvalue weighted by atomic mass is 35.5. The molecule has 0 amide bonds. The van der Waals surface area contributed by atoms with E-state index < -0.39 is 0 Å². The maximum absolute atomic E-state index is 5.44. The number of hydrogen-bond donors (Lipinski definition) is 0. The van der Waals surface area contributed by atoms with E-state index in [9.17, 15) is 0 Å². The Hall–Kier alpha value is -0.500. The van der Waals surface area contributed by atoms with Crippen LogP contribution in [0.1, 0.15) is 50.1 Å².